The maximum absolute atomic E-state index is 13.9. The summed E-state index contributed by atoms with van der Waals surface area (Å²) in [7, 11) is 0. The first-order valence-corrected chi connectivity index (χ1v) is 11.5. The number of carbonyl (C=O) groups excluding carboxylic acids is 2. The molecule has 2 aromatic carbocycles. The fourth-order valence-corrected chi connectivity index (χ4v) is 6.56. The summed E-state index contributed by atoms with van der Waals surface area (Å²) >= 11 is 1.63. The third-order valence-corrected chi connectivity index (χ3v) is 8.08. The zero-order chi connectivity index (χ0) is 20.0. The lowest BCUT2D eigenvalue weighted by molar-refractivity contribution is -0.143. The number of anilines is 1. The van der Waals surface area contributed by atoms with Crippen molar-refractivity contribution < 1.29 is 9.59 Å². The number of hydrogen-bond donors (Lipinski definition) is 0. The van der Waals surface area contributed by atoms with Gasteiger partial charge in [0.1, 0.15) is 0 Å². The number of carbonyl (C=O) groups is 2. The molecule has 0 bridgehead atoms. The van der Waals surface area contributed by atoms with E-state index in [4.69, 9.17) is 0 Å². The number of aryl methyl sites for hydroxylation is 1. The third-order valence-electron chi connectivity index (χ3n) is 6.66. The molecule has 1 spiro atoms. The quantitative estimate of drug-likeness (QED) is 0.756. The first kappa shape index (κ1) is 18.7. The zero-order valence-corrected chi connectivity index (χ0v) is 17.6. The number of rotatable bonds is 3. The summed E-state index contributed by atoms with van der Waals surface area (Å²) in [6.45, 7) is 3.27. The Bertz CT molecular complexity index is 969. The normalized spacial score (nSPS) is 24.0. The molecule has 1 aliphatic carbocycles. The van der Waals surface area contributed by atoms with Gasteiger partial charge in [-0.05, 0) is 37.0 Å². The van der Waals surface area contributed by atoms with Gasteiger partial charge in [0.25, 0.3) is 5.91 Å². The van der Waals surface area contributed by atoms with Crippen LogP contribution in [0.5, 0.6) is 0 Å². The molecule has 2 amide bonds. The number of para-hydroxylation sites is 1. The average Bonchev–Trinajstić information content (AvgIpc) is 3.47. The molecule has 1 saturated carbocycles. The van der Waals surface area contributed by atoms with E-state index in [1.54, 1.807) is 11.8 Å². The minimum atomic E-state index is -0.890. The lowest BCUT2D eigenvalue weighted by Gasteiger charge is -2.35. The molecule has 2 aromatic rings. The summed E-state index contributed by atoms with van der Waals surface area (Å²) in [5.74, 6) is 1.09. The van der Waals surface area contributed by atoms with E-state index in [9.17, 15) is 9.59 Å². The fraction of sp³-hybridized carbons (Fsp3) is 0.417. The van der Waals surface area contributed by atoms with Gasteiger partial charge in [-0.2, -0.15) is 0 Å². The molecule has 0 unspecified atom stereocenters. The van der Waals surface area contributed by atoms with Gasteiger partial charge in [-0.25, -0.2) is 0 Å². The summed E-state index contributed by atoms with van der Waals surface area (Å²) in [4.78, 5) is 30.3. The molecular weight excluding hydrogens is 380 g/mol. The van der Waals surface area contributed by atoms with Crippen LogP contribution in [0.4, 0.5) is 5.69 Å². The average molecular weight is 407 g/mol. The van der Waals surface area contributed by atoms with E-state index < -0.39 is 4.87 Å². The highest BCUT2D eigenvalue weighted by atomic mass is 32.2. The number of hydrogen-bond acceptors (Lipinski definition) is 3. The molecule has 150 valence electrons. The Kier molecular flexibility index (Phi) is 4.66. The summed E-state index contributed by atoms with van der Waals surface area (Å²) < 4.78 is 0. The van der Waals surface area contributed by atoms with Crippen LogP contribution < -0.4 is 4.90 Å². The van der Waals surface area contributed by atoms with E-state index in [0.29, 0.717) is 13.1 Å². The van der Waals surface area contributed by atoms with Crippen molar-refractivity contribution >= 4 is 29.3 Å². The second-order valence-electron chi connectivity index (χ2n) is 8.30. The number of fused-ring (bicyclic) bond motifs is 2. The highest BCUT2D eigenvalue weighted by molar-refractivity contribution is 8.01. The molecule has 4 nitrogen and oxygen atoms in total. The van der Waals surface area contributed by atoms with Crippen molar-refractivity contribution in [2.24, 2.45) is 5.92 Å². The van der Waals surface area contributed by atoms with Crippen molar-refractivity contribution in [3.8, 4) is 0 Å². The Morgan fingerprint density at radius 2 is 1.83 bits per heavy atom. The summed E-state index contributed by atoms with van der Waals surface area (Å²) in [5.41, 5.74) is 4.24. The Balaban J connectivity index is 1.56. The Hall–Kier alpha value is -2.27. The van der Waals surface area contributed by atoms with Crippen LogP contribution in [0.15, 0.2) is 48.5 Å². The Morgan fingerprint density at radius 1 is 1.10 bits per heavy atom. The van der Waals surface area contributed by atoms with Crippen LogP contribution in [0.25, 0.3) is 0 Å². The van der Waals surface area contributed by atoms with Gasteiger partial charge in [-0.3, -0.25) is 9.59 Å². The molecule has 0 aromatic heterocycles. The van der Waals surface area contributed by atoms with Crippen LogP contribution >= 0.6 is 11.8 Å². The molecule has 5 heteroatoms. The van der Waals surface area contributed by atoms with Crippen molar-refractivity contribution in [3.63, 3.8) is 0 Å². The SMILES string of the molecule is Cc1ccccc1CN1C(=O)[C@]2(SCCN2C(=O)C2CCCC2)c2ccccc21. The molecule has 1 atom stereocenters. The van der Waals surface area contributed by atoms with Crippen molar-refractivity contribution in [3.05, 3.63) is 65.2 Å². The summed E-state index contributed by atoms with van der Waals surface area (Å²) in [6, 6.07) is 16.2. The largest absolute Gasteiger partial charge is 0.315 e. The third kappa shape index (κ3) is 2.82. The van der Waals surface area contributed by atoms with Crippen LogP contribution in [0.3, 0.4) is 0 Å². The highest BCUT2D eigenvalue weighted by Gasteiger charge is 2.59. The minimum absolute atomic E-state index is 0.0378. The molecular formula is C24H26N2O2S. The van der Waals surface area contributed by atoms with Crippen LogP contribution in [0.2, 0.25) is 0 Å². The lowest BCUT2D eigenvalue weighted by Crippen LogP contribution is -2.51. The van der Waals surface area contributed by atoms with Crippen LogP contribution in [-0.4, -0.2) is 29.0 Å². The molecule has 0 radical (unpaired) electrons. The molecule has 29 heavy (non-hydrogen) atoms. The molecule has 5 rings (SSSR count). The smallest absolute Gasteiger partial charge is 0.268 e. The molecule has 2 aliphatic heterocycles. The van der Waals surface area contributed by atoms with E-state index >= 15 is 0 Å². The van der Waals surface area contributed by atoms with Crippen molar-refractivity contribution in [1.82, 2.24) is 4.90 Å². The standard InChI is InChI=1S/C24H26N2O2S/c1-17-8-2-3-11-19(17)16-25-21-13-7-6-12-20(21)24(23(25)28)26(14-15-29-24)22(27)18-9-4-5-10-18/h2-3,6-8,11-13,18H,4-5,9-10,14-16H2,1H3/t24-/m1/s1. The number of amides is 2. The zero-order valence-electron chi connectivity index (χ0n) is 16.8. The van der Waals surface area contributed by atoms with E-state index in [-0.39, 0.29) is 17.7 Å². The molecule has 2 heterocycles. The van der Waals surface area contributed by atoms with Crippen LogP contribution in [0.1, 0.15) is 42.4 Å². The Labute approximate surface area is 176 Å². The van der Waals surface area contributed by atoms with Gasteiger partial charge >= 0.3 is 0 Å². The van der Waals surface area contributed by atoms with Crippen molar-refractivity contribution in [2.45, 2.75) is 44.0 Å². The number of thioether (sulfide) groups is 1. The summed E-state index contributed by atoms with van der Waals surface area (Å²) in [6.07, 6.45) is 4.15. The lowest BCUT2D eigenvalue weighted by atomic mass is 10.0. The van der Waals surface area contributed by atoms with Gasteiger partial charge in [0.05, 0.1) is 12.2 Å². The number of benzene rings is 2. The van der Waals surface area contributed by atoms with Gasteiger partial charge in [-0.15, -0.1) is 11.8 Å². The van der Waals surface area contributed by atoms with Crippen LogP contribution in [-0.2, 0) is 21.0 Å². The van der Waals surface area contributed by atoms with Gasteiger partial charge in [0.2, 0.25) is 5.91 Å². The fourth-order valence-electron chi connectivity index (χ4n) is 5.10. The van der Waals surface area contributed by atoms with E-state index in [0.717, 1.165) is 48.3 Å². The van der Waals surface area contributed by atoms with Crippen molar-refractivity contribution in [2.75, 3.05) is 17.2 Å². The maximum atomic E-state index is 13.9. The second-order valence-corrected chi connectivity index (χ2v) is 9.59. The topological polar surface area (TPSA) is 40.6 Å². The maximum Gasteiger partial charge on any atom is 0.268 e. The molecule has 3 aliphatic rings. The molecule has 1 saturated heterocycles. The van der Waals surface area contributed by atoms with Gasteiger partial charge in [0, 0.05) is 23.8 Å². The second kappa shape index (κ2) is 7.21. The minimum Gasteiger partial charge on any atom is -0.315 e. The number of nitrogens with zero attached hydrogens (tertiary/aromatic N) is 2. The molecule has 0 N–H and O–H groups in total. The van der Waals surface area contributed by atoms with E-state index in [2.05, 4.69) is 19.1 Å². The van der Waals surface area contributed by atoms with Crippen LogP contribution in [0, 0.1) is 12.8 Å². The monoisotopic (exact) mass is 406 g/mol. The first-order valence-electron chi connectivity index (χ1n) is 10.5. The van der Waals surface area contributed by atoms with Gasteiger partial charge in [-0.1, -0.05) is 55.3 Å². The van der Waals surface area contributed by atoms with Crippen molar-refractivity contribution in [1.29, 1.82) is 0 Å². The van der Waals surface area contributed by atoms with E-state index in [1.165, 1.54) is 5.56 Å². The van der Waals surface area contributed by atoms with E-state index in [1.807, 2.05) is 46.2 Å². The Morgan fingerprint density at radius 3 is 2.62 bits per heavy atom. The van der Waals surface area contributed by atoms with Gasteiger partial charge in [0.15, 0.2) is 4.87 Å². The predicted molar refractivity (Wildman–Crippen MR) is 117 cm³/mol. The summed E-state index contributed by atoms with van der Waals surface area (Å²) in [5, 5.41) is 0. The predicted octanol–water partition coefficient (Wildman–Crippen LogP) is 4.46. The first-order chi connectivity index (χ1) is 14.1. The van der Waals surface area contributed by atoms with Gasteiger partial charge < -0.3 is 9.80 Å². The molecule has 2 fully saturated rings. The highest BCUT2D eigenvalue weighted by Crippen LogP contribution is 2.55.